The first kappa shape index (κ1) is 20.1. The Morgan fingerprint density at radius 2 is 1.89 bits per heavy atom. The van der Waals surface area contributed by atoms with Crippen molar-refractivity contribution in [3.8, 4) is 10.6 Å². The quantitative estimate of drug-likeness (QED) is 0.608. The van der Waals surface area contributed by atoms with Gasteiger partial charge in [0.15, 0.2) is 0 Å². The van der Waals surface area contributed by atoms with E-state index in [1.165, 1.54) is 11.3 Å². The maximum absolute atomic E-state index is 12.4. The lowest BCUT2D eigenvalue weighted by molar-refractivity contribution is -0.120. The molecule has 146 valence electrons. The van der Waals surface area contributed by atoms with Crippen molar-refractivity contribution in [1.29, 1.82) is 0 Å². The smallest absolute Gasteiger partial charge is 0.226 e. The van der Waals surface area contributed by atoms with Crippen LogP contribution in [0, 0.1) is 13.8 Å². The van der Waals surface area contributed by atoms with Gasteiger partial charge >= 0.3 is 0 Å². The number of nitrogens with zero attached hydrogens (tertiary/aromatic N) is 2. The first-order chi connectivity index (χ1) is 13.6. The standard InChI is InChI=1S/C23H27N3OS/c1-4-26(20-12-8-9-17(2)15-20)14-13-24-22(27)16-21-18(3)28-23(25-21)19-10-6-5-7-11-19/h5-12,15H,4,13-14,16H2,1-3H3,(H,24,27). The number of hydrogen-bond donors (Lipinski definition) is 1. The zero-order chi connectivity index (χ0) is 19.9. The number of benzene rings is 2. The van der Waals surface area contributed by atoms with Crippen molar-refractivity contribution < 1.29 is 4.79 Å². The van der Waals surface area contributed by atoms with Crippen LogP contribution in [0.25, 0.3) is 10.6 Å². The molecule has 0 spiro atoms. The van der Waals surface area contributed by atoms with Crippen molar-refractivity contribution in [2.45, 2.75) is 27.2 Å². The van der Waals surface area contributed by atoms with Gasteiger partial charge in [0.2, 0.25) is 5.91 Å². The first-order valence-corrected chi connectivity index (χ1v) is 10.5. The Hall–Kier alpha value is -2.66. The lowest BCUT2D eigenvalue weighted by Gasteiger charge is -2.23. The SMILES string of the molecule is CCN(CCNC(=O)Cc1nc(-c2ccccc2)sc1C)c1cccc(C)c1. The number of carbonyl (C=O) groups is 1. The molecule has 0 radical (unpaired) electrons. The summed E-state index contributed by atoms with van der Waals surface area (Å²) < 4.78 is 0. The number of anilines is 1. The molecule has 0 aliphatic heterocycles. The van der Waals surface area contributed by atoms with E-state index in [0.29, 0.717) is 13.0 Å². The van der Waals surface area contributed by atoms with E-state index < -0.39 is 0 Å². The molecule has 0 atom stereocenters. The van der Waals surface area contributed by atoms with E-state index in [1.54, 1.807) is 11.3 Å². The summed E-state index contributed by atoms with van der Waals surface area (Å²) in [5, 5.41) is 4.01. The Kier molecular flexibility index (Phi) is 6.82. The Labute approximate surface area is 171 Å². The second-order valence-electron chi connectivity index (χ2n) is 6.83. The topological polar surface area (TPSA) is 45.2 Å². The monoisotopic (exact) mass is 393 g/mol. The summed E-state index contributed by atoms with van der Waals surface area (Å²) in [6.07, 6.45) is 0.325. The number of thiazole rings is 1. The molecule has 0 aliphatic carbocycles. The minimum atomic E-state index is 0.0216. The van der Waals surface area contributed by atoms with Crippen LogP contribution >= 0.6 is 11.3 Å². The van der Waals surface area contributed by atoms with Crippen LogP contribution in [0.15, 0.2) is 54.6 Å². The molecule has 1 N–H and O–H groups in total. The maximum Gasteiger partial charge on any atom is 0.226 e. The average molecular weight is 394 g/mol. The van der Waals surface area contributed by atoms with Gasteiger partial charge in [0.1, 0.15) is 5.01 Å². The van der Waals surface area contributed by atoms with E-state index in [9.17, 15) is 4.79 Å². The molecule has 3 rings (SSSR count). The summed E-state index contributed by atoms with van der Waals surface area (Å²) in [7, 11) is 0. The predicted molar refractivity (Wildman–Crippen MR) is 118 cm³/mol. The number of carbonyl (C=O) groups excluding carboxylic acids is 1. The van der Waals surface area contributed by atoms with Gasteiger partial charge in [-0.3, -0.25) is 4.79 Å². The van der Waals surface area contributed by atoms with Crippen molar-refractivity contribution in [3.05, 3.63) is 70.7 Å². The molecular formula is C23H27N3OS. The number of amides is 1. The highest BCUT2D eigenvalue weighted by atomic mass is 32.1. The van der Waals surface area contributed by atoms with Gasteiger partial charge < -0.3 is 10.2 Å². The summed E-state index contributed by atoms with van der Waals surface area (Å²) in [5.74, 6) is 0.0216. The maximum atomic E-state index is 12.4. The Morgan fingerprint density at radius 1 is 1.11 bits per heavy atom. The van der Waals surface area contributed by atoms with E-state index >= 15 is 0 Å². The third-order valence-electron chi connectivity index (χ3n) is 4.69. The predicted octanol–water partition coefficient (Wildman–Crippen LogP) is 4.61. The summed E-state index contributed by atoms with van der Waals surface area (Å²) in [5.41, 5.74) is 4.40. The molecule has 2 aromatic carbocycles. The van der Waals surface area contributed by atoms with Gasteiger partial charge in [-0.25, -0.2) is 4.98 Å². The minimum Gasteiger partial charge on any atom is -0.370 e. The highest BCUT2D eigenvalue weighted by molar-refractivity contribution is 7.15. The summed E-state index contributed by atoms with van der Waals surface area (Å²) in [6.45, 7) is 8.58. The molecule has 1 aromatic heterocycles. The fourth-order valence-electron chi connectivity index (χ4n) is 3.14. The van der Waals surface area contributed by atoms with E-state index in [-0.39, 0.29) is 5.91 Å². The van der Waals surface area contributed by atoms with Gasteiger partial charge in [0.05, 0.1) is 12.1 Å². The highest BCUT2D eigenvalue weighted by Crippen LogP contribution is 2.27. The number of hydrogen-bond acceptors (Lipinski definition) is 4. The van der Waals surface area contributed by atoms with Crippen LogP contribution in [0.2, 0.25) is 0 Å². The Morgan fingerprint density at radius 3 is 2.61 bits per heavy atom. The fourth-order valence-corrected chi connectivity index (χ4v) is 4.07. The Bertz CT molecular complexity index is 921. The van der Waals surface area contributed by atoms with Crippen LogP contribution in [-0.2, 0) is 11.2 Å². The van der Waals surface area contributed by atoms with Crippen LogP contribution in [0.1, 0.15) is 23.1 Å². The van der Waals surface area contributed by atoms with E-state index in [4.69, 9.17) is 0 Å². The van der Waals surface area contributed by atoms with Gasteiger partial charge in [-0.1, -0.05) is 42.5 Å². The number of aromatic nitrogens is 1. The van der Waals surface area contributed by atoms with Crippen LogP contribution in [0.4, 0.5) is 5.69 Å². The van der Waals surface area contributed by atoms with Crippen molar-refractivity contribution in [3.63, 3.8) is 0 Å². The van der Waals surface area contributed by atoms with Crippen molar-refractivity contribution in [1.82, 2.24) is 10.3 Å². The third-order valence-corrected chi connectivity index (χ3v) is 5.76. The lowest BCUT2D eigenvalue weighted by atomic mass is 10.2. The molecule has 0 fully saturated rings. The molecule has 1 amide bonds. The second kappa shape index (κ2) is 9.51. The van der Waals surface area contributed by atoms with Crippen LogP contribution in [0.3, 0.4) is 0 Å². The number of nitrogens with one attached hydrogen (secondary N) is 1. The van der Waals surface area contributed by atoms with E-state index in [2.05, 4.69) is 53.3 Å². The van der Waals surface area contributed by atoms with Gasteiger partial charge in [-0.2, -0.15) is 0 Å². The van der Waals surface area contributed by atoms with Crippen molar-refractivity contribution >= 4 is 22.9 Å². The van der Waals surface area contributed by atoms with Crippen LogP contribution < -0.4 is 10.2 Å². The lowest BCUT2D eigenvalue weighted by Crippen LogP contribution is -2.35. The molecule has 5 heteroatoms. The van der Waals surface area contributed by atoms with Crippen molar-refractivity contribution in [2.24, 2.45) is 0 Å². The largest absolute Gasteiger partial charge is 0.370 e. The zero-order valence-corrected chi connectivity index (χ0v) is 17.6. The Balaban J connectivity index is 1.54. The van der Waals surface area contributed by atoms with E-state index in [0.717, 1.165) is 34.2 Å². The third kappa shape index (κ3) is 5.20. The number of likely N-dealkylation sites (N-methyl/N-ethyl adjacent to an activating group) is 1. The molecule has 0 aliphatic rings. The molecule has 28 heavy (non-hydrogen) atoms. The van der Waals surface area contributed by atoms with Crippen molar-refractivity contribution in [2.75, 3.05) is 24.5 Å². The summed E-state index contributed by atoms with van der Waals surface area (Å²) in [4.78, 5) is 20.5. The molecule has 0 bridgehead atoms. The van der Waals surface area contributed by atoms with Gasteiger partial charge in [0, 0.05) is 35.8 Å². The number of rotatable bonds is 8. The second-order valence-corrected chi connectivity index (χ2v) is 8.04. The summed E-state index contributed by atoms with van der Waals surface area (Å²) >= 11 is 1.64. The zero-order valence-electron chi connectivity index (χ0n) is 16.7. The normalized spacial score (nSPS) is 10.7. The summed E-state index contributed by atoms with van der Waals surface area (Å²) in [6, 6.07) is 18.6. The molecule has 4 nitrogen and oxygen atoms in total. The van der Waals surface area contributed by atoms with E-state index in [1.807, 2.05) is 37.3 Å². The van der Waals surface area contributed by atoms with Gasteiger partial charge in [-0.15, -0.1) is 11.3 Å². The molecule has 1 heterocycles. The van der Waals surface area contributed by atoms with Crippen LogP contribution in [0.5, 0.6) is 0 Å². The molecule has 0 unspecified atom stereocenters. The molecule has 0 saturated heterocycles. The fraction of sp³-hybridized carbons (Fsp3) is 0.304. The minimum absolute atomic E-state index is 0.0216. The molecular weight excluding hydrogens is 366 g/mol. The average Bonchev–Trinajstić information content (AvgIpc) is 3.06. The number of aryl methyl sites for hydroxylation is 2. The molecule has 0 saturated carbocycles. The van der Waals surface area contributed by atoms with Gasteiger partial charge in [-0.05, 0) is 38.5 Å². The van der Waals surface area contributed by atoms with Gasteiger partial charge in [0.25, 0.3) is 0 Å². The first-order valence-electron chi connectivity index (χ1n) is 9.67. The van der Waals surface area contributed by atoms with Crippen LogP contribution in [-0.4, -0.2) is 30.5 Å². The highest BCUT2D eigenvalue weighted by Gasteiger charge is 2.13. The molecule has 3 aromatic rings.